The van der Waals surface area contributed by atoms with E-state index in [9.17, 15) is 9.59 Å². The van der Waals surface area contributed by atoms with Crippen molar-refractivity contribution in [3.05, 3.63) is 78.7 Å². The SMILES string of the molecule is CCOC(=O)C1=C(C)N=c2s/c(=C\c3ccc(N4CCCCC4)o3)c(=O)n2C1c1ccccc1OC. The third-order valence-corrected chi connectivity index (χ3v) is 7.49. The summed E-state index contributed by atoms with van der Waals surface area (Å²) in [6.07, 6.45) is 5.30. The van der Waals surface area contributed by atoms with Crippen LogP contribution in [-0.4, -0.2) is 37.3 Å². The maximum atomic E-state index is 13.8. The summed E-state index contributed by atoms with van der Waals surface area (Å²) in [5, 5.41) is 0. The molecule has 2 aliphatic rings. The van der Waals surface area contributed by atoms with Crippen LogP contribution in [0.15, 0.2) is 61.9 Å². The molecule has 36 heavy (non-hydrogen) atoms. The van der Waals surface area contributed by atoms with Crippen molar-refractivity contribution >= 4 is 29.3 Å². The van der Waals surface area contributed by atoms with Gasteiger partial charge in [-0.2, -0.15) is 0 Å². The normalized spacial score (nSPS) is 18.1. The summed E-state index contributed by atoms with van der Waals surface area (Å²) in [7, 11) is 1.57. The van der Waals surface area contributed by atoms with Crippen LogP contribution in [0, 0.1) is 0 Å². The molecule has 1 aromatic carbocycles. The second-order valence-electron chi connectivity index (χ2n) is 8.77. The molecule has 0 spiro atoms. The fraction of sp³-hybridized carbons (Fsp3) is 0.370. The minimum Gasteiger partial charge on any atom is -0.496 e. The smallest absolute Gasteiger partial charge is 0.338 e. The van der Waals surface area contributed by atoms with Gasteiger partial charge in [0.15, 0.2) is 10.7 Å². The molecule has 4 heterocycles. The molecular weight excluding hydrogens is 478 g/mol. The number of carbonyl (C=O) groups excluding carboxylic acids is 1. The number of methoxy groups -OCH3 is 1. The van der Waals surface area contributed by atoms with Gasteiger partial charge in [-0.1, -0.05) is 29.5 Å². The Morgan fingerprint density at radius 2 is 1.97 bits per heavy atom. The number of furan rings is 1. The molecule has 1 saturated heterocycles. The number of para-hydroxylation sites is 1. The van der Waals surface area contributed by atoms with Crippen LogP contribution in [0.1, 0.15) is 50.5 Å². The van der Waals surface area contributed by atoms with E-state index in [1.165, 1.54) is 17.8 Å². The van der Waals surface area contributed by atoms with Crippen LogP contribution in [-0.2, 0) is 9.53 Å². The molecule has 2 aliphatic heterocycles. The highest BCUT2D eigenvalue weighted by atomic mass is 32.1. The number of thiazole rings is 1. The topological polar surface area (TPSA) is 86.3 Å². The summed E-state index contributed by atoms with van der Waals surface area (Å²) in [5.74, 6) is 1.50. The van der Waals surface area contributed by atoms with E-state index in [1.54, 1.807) is 31.6 Å². The Balaban J connectivity index is 1.63. The number of benzene rings is 1. The average molecular weight is 508 g/mol. The van der Waals surface area contributed by atoms with E-state index in [0.29, 0.717) is 37.7 Å². The summed E-state index contributed by atoms with van der Waals surface area (Å²) >= 11 is 1.27. The van der Waals surface area contributed by atoms with Crippen LogP contribution in [0.5, 0.6) is 5.75 Å². The Morgan fingerprint density at radius 1 is 1.19 bits per heavy atom. The number of carbonyl (C=O) groups is 1. The highest BCUT2D eigenvalue weighted by molar-refractivity contribution is 7.07. The van der Waals surface area contributed by atoms with E-state index in [0.717, 1.165) is 31.8 Å². The Morgan fingerprint density at radius 3 is 2.72 bits per heavy atom. The molecule has 0 radical (unpaired) electrons. The Hall–Kier alpha value is -3.59. The van der Waals surface area contributed by atoms with Crippen molar-refractivity contribution in [1.29, 1.82) is 0 Å². The summed E-state index contributed by atoms with van der Waals surface area (Å²) < 4.78 is 19.1. The number of allylic oxidation sites excluding steroid dienone is 1. The zero-order valence-electron chi connectivity index (χ0n) is 20.7. The van der Waals surface area contributed by atoms with Crippen molar-refractivity contribution in [3.63, 3.8) is 0 Å². The van der Waals surface area contributed by atoms with Crippen molar-refractivity contribution < 1.29 is 18.7 Å². The minimum atomic E-state index is -0.723. The van der Waals surface area contributed by atoms with Gasteiger partial charge in [-0.15, -0.1) is 0 Å². The number of anilines is 1. The summed E-state index contributed by atoms with van der Waals surface area (Å²) in [6.45, 7) is 5.69. The first kappa shape index (κ1) is 24.1. The van der Waals surface area contributed by atoms with Crippen LogP contribution in [0.4, 0.5) is 5.88 Å². The first-order chi connectivity index (χ1) is 17.5. The third kappa shape index (κ3) is 4.39. The second kappa shape index (κ2) is 10.2. The standard InChI is InChI=1S/C27H29N3O5S/c1-4-34-26(32)23-17(2)28-27-30(24(23)19-10-6-7-11-20(19)33-3)25(31)21(36-27)16-18-12-13-22(35-18)29-14-8-5-9-15-29/h6-7,10-13,16,24H,4-5,8-9,14-15H2,1-3H3/b21-16-. The number of aromatic nitrogens is 1. The first-order valence-electron chi connectivity index (χ1n) is 12.2. The number of piperidine rings is 1. The number of hydrogen-bond acceptors (Lipinski definition) is 8. The van der Waals surface area contributed by atoms with Crippen molar-refractivity contribution in [2.75, 3.05) is 31.7 Å². The van der Waals surface area contributed by atoms with Gasteiger partial charge in [-0.25, -0.2) is 9.79 Å². The Bertz CT molecular complexity index is 1490. The number of hydrogen-bond donors (Lipinski definition) is 0. The van der Waals surface area contributed by atoms with Gasteiger partial charge in [0.05, 0.1) is 29.5 Å². The predicted molar refractivity (Wildman–Crippen MR) is 138 cm³/mol. The van der Waals surface area contributed by atoms with Gasteiger partial charge in [-0.05, 0) is 45.2 Å². The van der Waals surface area contributed by atoms with Crippen molar-refractivity contribution in [3.8, 4) is 5.75 Å². The molecule has 9 heteroatoms. The summed E-state index contributed by atoms with van der Waals surface area (Å²) in [5.41, 5.74) is 1.28. The fourth-order valence-electron chi connectivity index (χ4n) is 4.81. The molecule has 1 atom stereocenters. The molecule has 2 aromatic heterocycles. The Kier molecular flexibility index (Phi) is 6.82. The number of rotatable bonds is 6. The lowest BCUT2D eigenvalue weighted by molar-refractivity contribution is -0.139. The zero-order valence-corrected chi connectivity index (χ0v) is 21.5. The third-order valence-electron chi connectivity index (χ3n) is 6.50. The van der Waals surface area contributed by atoms with Gasteiger partial charge in [-0.3, -0.25) is 9.36 Å². The number of esters is 1. The maximum Gasteiger partial charge on any atom is 0.338 e. The molecule has 1 unspecified atom stereocenters. The minimum absolute atomic E-state index is 0.219. The van der Waals surface area contributed by atoms with Gasteiger partial charge in [0.2, 0.25) is 0 Å². The molecule has 1 fully saturated rings. The van der Waals surface area contributed by atoms with Crippen molar-refractivity contribution in [2.45, 2.75) is 39.2 Å². The van der Waals surface area contributed by atoms with Gasteiger partial charge < -0.3 is 18.8 Å². The number of ether oxygens (including phenoxy) is 2. The van der Waals surface area contributed by atoms with Gasteiger partial charge in [0.1, 0.15) is 17.6 Å². The first-order valence-corrected chi connectivity index (χ1v) is 13.0. The van der Waals surface area contributed by atoms with E-state index in [4.69, 9.17) is 13.9 Å². The lowest BCUT2D eigenvalue weighted by Gasteiger charge is -2.25. The van der Waals surface area contributed by atoms with Crippen LogP contribution < -0.4 is 24.5 Å². The lowest BCUT2D eigenvalue weighted by Crippen LogP contribution is -2.40. The van der Waals surface area contributed by atoms with Crippen LogP contribution in [0.3, 0.4) is 0 Å². The van der Waals surface area contributed by atoms with E-state index in [2.05, 4.69) is 9.89 Å². The van der Waals surface area contributed by atoms with Gasteiger partial charge >= 0.3 is 5.97 Å². The molecule has 0 bridgehead atoms. The van der Waals surface area contributed by atoms with E-state index in [-0.39, 0.29) is 12.2 Å². The van der Waals surface area contributed by atoms with E-state index >= 15 is 0 Å². The van der Waals surface area contributed by atoms with Crippen LogP contribution >= 0.6 is 11.3 Å². The summed E-state index contributed by atoms with van der Waals surface area (Å²) in [6, 6.07) is 10.5. The van der Waals surface area contributed by atoms with Crippen molar-refractivity contribution in [1.82, 2.24) is 4.57 Å². The second-order valence-corrected chi connectivity index (χ2v) is 9.78. The fourth-order valence-corrected chi connectivity index (χ4v) is 5.84. The van der Waals surface area contributed by atoms with Gasteiger partial charge in [0, 0.05) is 30.8 Å². The van der Waals surface area contributed by atoms with E-state index < -0.39 is 12.0 Å². The molecule has 0 saturated carbocycles. The molecule has 5 rings (SSSR count). The molecule has 8 nitrogen and oxygen atoms in total. The monoisotopic (exact) mass is 507 g/mol. The van der Waals surface area contributed by atoms with Crippen LogP contribution in [0.25, 0.3) is 6.08 Å². The van der Waals surface area contributed by atoms with Gasteiger partial charge in [0.25, 0.3) is 5.56 Å². The zero-order chi connectivity index (χ0) is 25.2. The highest BCUT2D eigenvalue weighted by Gasteiger charge is 2.35. The molecule has 0 N–H and O–H groups in total. The molecule has 3 aromatic rings. The van der Waals surface area contributed by atoms with Crippen LogP contribution in [0.2, 0.25) is 0 Å². The number of fused-ring (bicyclic) bond motifs is 1. The maximum absolute atomic E-state index is 13.8. The average Bonchev–Trinajstić information content (AvgIpc) is 3.48. The highest BCUT2D eigenvalue weighted by Crippen LogP contribution is 2.35. The Labute approximate surface area is 212 Å². The van der Waals surface area contributed by atoms with Crippen molar-refractivity contribution in [2.24, 2.45) is 4.99 Å². The molecule has 0 amide bonds. The summed E-state index contributed by atoms with van der Waals surface area (Å²) in [4.78, 5) is 34.2. The molecular formula is C27H29N3O5S. The quantitative estimate of drug-likeness (QED) is 0.476. The molecule has 0 aliphatic carbocycles. The largest absolute Gasteiger partial charge is 0.496 e. The predicted octanol–water partition coefficient (Wildman–Crippen LogP) is 3.39. The molecule has 188 valence electrons. The number of nitrogens with zero attached hydrogens (tertiary/aromatic N) is 3. The lowest BCUT2D eigenvalue weighted by atomic mass is 9.95. The van der Waals surface area contributed by atoms with E-state index in [1.807, 2.05) is 36.4 Å².